The molecule has 0 bridgehead atoms. The van der Waals surface area contributed by atoms with Crippen LogP contribution in [-0.2, 0) is 17.4 Å². The monoisotopic (exact) mass is 393 g/mol. The maximum absolute atomic E-state index is 12.5. The van der Waals surface area contributed by atoms with E-state index in [1.807, 2.05) is 24.3 Å². The normalized spacial score (nSPS) is 19.3. The van der Waals surface area contributed by atoms with Gasteiger partial charge >= 0.3 is 0 Å². The molecule has 1 fully saturated rings. The molecule has 1 aliphatic rings. The van der Waals surface area contributed by atoms with Gasteiger partial charge in [-0.2, -0.15) is 4.98 Å². The van der Waals surface area contributed by atoms with Crippen molar-refractivity contribution < 1.29 is 8.95 Å². The minimum absolute atomic E-state index is 0.169. The van der Waals surface area contributed by atoms with E-state index in [-0.39, 0.29) is 4.75 Å². The van der Waals surface area contributed by atoms with Gasteiger partial charge in [0.05, 0.1) is 17.1 Å². The Kier molecular flexibility index (Phi) is 6.14. The highest BCUT2D eigenvalue weighted by molar-refractivity contribution is 7.86. The Morgan fingerprint density at radius 2 is 2.12 bits per heavy atom. The lowest BCUT2D eigenvalue weighted by Gasteiger charge is -2.41. The first-order valence-corrected chi connectivity index (χ1v) is 10.6. The molecule has 2 aromatic rings. The van der Waals surface area contributed by atoms with Crippen molar-refractivity contribution in [1.29, 1.82) is 0 Å². The average Bonchev–Trinajstić information content (AvgIpc) is 2.67. The molecular formula is C19H24ClN3O2S. The first-order valence-electron chi connectivity index (χ1n) is 8.89. The topological polar surface area (TPSA) is 55.3 Å². The zero-order chi connectivity index (χ0) is 18.6. The molecule has 1 atom stereocenters. The zero-order valence-corrected chi connectivity index (χ0v) is 16.7. The van der Waals surface area contributed by atoms with Gasteiger partial charge in [-0.15, -0.1) is 0 Å². The summed E-state index contributed by atoms with van der Waals surface area (Å²) >= 11 is 6.00. The van der Waals surface area contributed by atoms with Gasteiger partial charge in [-0.05, 0) is 30.5 Å². The first kappa shape index (κ1) is 19.1. The second-order valence-electron chi connectivity index (χ2n) is 6.50. The first-order chi connectivity index (χ1) is 12.6. The number of halogens is 1. The van der Waals surface area contributed by atoms with E-state index in [0.717, 1.165) is 37.3 Å². The Hall–Kier alpha value is -1.66. The van der Waals surface area contributed by atoms with Crippen LogP contribution < -0.4 is 9.64 Å². The number of aromatic nitrogens is 2. The zero-order valence-electron chi connectivity index (χ0n) is 15.2. The molecule has 2 heterocycles. The number of nitrogens with zero attached hydrogens (tertiary/aromatic N) is 3. The van der Waals surface area contributed by atoms with Crippen molar-refractivity contribution >= 4 is 28.2 Å². The summed E-state index contributed by atoms with van der Waals surface area (Å²) in [6, 6.07) is 7.56. The second kappa shape index (κ2) is 8.35. The van der Waals surface area contributed by atoms with Crippen molar-refractivity contribution in [3.05, 3.63) is 47.2 Å². The summed E-state index contributed by atoms with van der Waals surface area (Å²) in [5, 5.41) is 0.683. The van der Waals surface area contributed by atoms with Crippen molar-refractivity contribution in [1.82, 2.24) is 9.97 Å². The van der Waals surface area contributed by atoms with Crippen LogP contribution in [0.2, 0.25) is 5.02 Å². The maximum Gasteiger partial charge on any atom is 0.234 e. The predicted octanol–water partition coefficient (Wildman–Crippen LogP) is 3.84. The van der Waals surface area contributed by atoms with E-state index in [1.54, 1.807) is 12.4 Å². The fourth-order valence-corrected chi connectivity index (χ4v) is 5.22. The molecule has 0 amide bonds. The number of rotatable bonds is 6. The van der Waals surface area contributed by atoms with Crippen molar-refractivity contribution in [2.24, 2.45) is 0 Å². The number of hydrogen-bond acceptors (Lipinski definition) is 5. The van der Waals surface area contributed by atoms with E-state index >= 15 is 0 Å². The molecule has 26 heavy (non-hydrogen) atoms. The lowest BCUT2D eigenvalue weighted by atomic mass is 10.0. The van der Waals surface area contributed by atoms with Gasteiger partial charge in [0.1, 0.15) is 6.61 Å². The van der Waals surface area contributed by atoms with Gasteiger partial charge in [0.25, 0.3) is 0 Å². The molecule has 0 aliphatic carbocycles. The van der Waals surface area contributed by atoms with Gasteiger partial charge in [-0.25, -0.2) is 0 Å². The summed E-state index contributed by atoms with van der Waals surface area (Å²) in [6.45, 7) is 6.07. The molecule has 0 radical (unpaired) electrons. The van der Waals surface area contributed by atoms with Crippen LogP contribution >= 0.6 is 11.6 Å². The van der Waals surface area contributed by atoms with Crippen molar-refractivity contribution in [2.75, 3.05) is 23.7 Å². The summed E-state index contributed by atoms with van der Waals surface area (Å²) in [6.07, 6.45) is 5.15. The molecule has 5 nitrogen and oxygen atoms in total. The van der Waals surface area contributed by atoms with Crippen LogP contribution in [0.3, 0.4) is 0 Å². The van der Waals surface area contributed by atoms with Gasteiger partial charge in [0.2, 0.25) is 5.88 Å². The molecule has 0 saturated carbocycles. The quantitative estimate of drug-likeness (QED) is 0.746. The SMILES string of the molecule is CCC1(CC)CN(c2cncc(OCc3cccc(Cl)c3)n2)CCS1=O. The van der Waals surface area contributed by atoms with Crippen LogP contribution in [0, 0.1) is 0 Å². The highest BCUT2D eigenvalue weighted by Gasteiger charge is 2.39. The Labute approximate surface area is 162 Å². The van der Waals surface area contributed by atoms with E-state index in [4.69, 9.17) is 16.3 Å². The van der Waals surface area contributed by atoms with Crippen LogP contribution in [0.5, 0.6) is 5.88 Å². The average molecular weight is 394 g/mol. The highest BCUT2D eigenvalue weighted by Crippen LogP contribution is 2.30. The third-order valence-electron chi connectivity index (χ3n) is 5.00. The van der Waals surface area contributed by atoms with Crippen molar-refractivity contribution in [3.63, 3.8) is 0 Å². The Morgan fingerprint density at radius 1 is 1.31 bits per heavy atom. The highest BCUT2D eigenvalue weighted by atomic mass is 35.5. The van der Waals surface area contributed by atoms with Crippen molar-refractivity contribution in [2.45, 2.75) is 38.0 Å². The lowest BCUT2D eigenvalue weighted by Crippen LogP contribution is -2.53. The summed E-state index contributed by atoms with van der Waals surface area (Å²) < 4.78 is 18.1. The van der Waals surface area contributed by atoms with Crippen LogP contribution in [0.1, 0.15) is 32.3 Å². The Bertz CT molecular complexity index is 783. The van der Waals surface area contributed by atoms with Crippen LogP contribution in [-0.4, -0.2) is 37.8 Å². The summed E-state index contributed by atoms with van der Waals surface area (Å²) in [4.78, 5) is 11.1. The van der Waals surface area contributed by atoms with Gasteiger partial charge < -0.3 is 9.64 Å². The number of ether oxygens (including phenoxy) is 1. The van der Waals surface area contributed by atoms with Crippen LogP contribution in [0.15, 0.2) is 36.7 Å². The predicted molar refractivity (Wildman–Crippen MR) is 106 cm³/mol. The van der Waals surface area contributed by atoms with Crippen molar-refractivity contribution in [3.8, 4) is 5.88 Å². The molecule has 1 aliphatic heterocycles. The molecule has 1 saturated heterocycles. The van der Waals surface area contributed by atoms with E-state index in [9.17, 15) is 4.21 Å². The molecule has 0 N–H and O–H groups in total. The number of hydrogen-bond donors (Lipinski definition) is 0. The Morgan fingerprint density at radius 3 is 2.85 bits per heavy atom. The van der Waals surface area contributed by atoms with Gasteiger partial charge in [0, 0.05) is 34.7 Å². The van der Waals surface area contributed by atoms with Gasteiger partial charge in [0.15, 0.2) is 5.82 Å². The fourth-order valence-electron chi connectivity index (χ4n) is 3.24. The molecule has 140 valence electrons. The number of anilines is 1. The molecule has 0 spiro atoms. The van der Waals surface area contributed by atoms with E-state index in [2.05, 4.69) is 28.7 Å². The third-order valence-corrected chi connectivity index (χ3v) is 7.46. The largest absolute Gasteiger partial charge is 0.472 e. The Balaban J connectivity index is 1.71. The van der Waals surface area contributed by atoms with Crippen LogP contribution in [0.4, 0.5) is 5.82 Å². The van der Waals surface area contributed by atoms with Gasteiger partial charge in [-0.1, -0.05) is 37.6 Å². The summed E-state index contributed by atoms with van der Waals surface area (Å²) in [7, 11) is -0.801. The standard InChI is InChI=1S/C19H24ClN3O2S/c1-3-19(4-2)14-23(8-9-26(19)24)17-11-21-12-18(22-17)25-13-15-6-5-7-16(20)10-15/h5-7,10-12H,3-4,8-9,13-14H2,1-2H3. The summed E-state index contributed by atoms with van der Waals surface area (Å²) in [5.74, 6) is 1.92. The van der Waals surface area contributed by atoms with Crippen LogP contribution in [0.25, 0.3) is 0 Å². The molecule has 7 heteroatoms. The molecular weight excluding hydrogens is 370 g/mol. The molecule has 1 aromatic carbocycles. The number of benzene rings is 1. The minimum atomic E-state index is -0.801. The lowest BCUT2D eigenvalue weighted by molar-refractivity contribution is 0.292. The molecule has 3 rings (SSSR count). The minimum Gasteiger partial charge on any atom is -0.472 e. The second-order valence-corrected chi connectivity index (χ2v) is 8.90. The molecule has 1 aromatic heterocycles. The molecule has 1 unspecified atom stereocenters. The van der Waals surface area contributed by atoms with E-state index < -0.39 is 10.8 Å². The summed E-state index contributed by atoms with van der Waals surface area (Å²) in [5.41, 5.74) is 0.981. The smallest absolute Gasteiger partial charge is 0.234 e. The maximum atomic E-state index is 12.5. The third kappa shape index (κ3) is 4.18. The van der Waals surface area contributed by atoms with E-state index in [0.29, 0.717) is 23.3 Å². The van der Waals surface area contributed by atoms with E-state index in [1.165, 1.54) is 0 Å². The fraction of sp³-hybridized carbons (Fsp3) is 0.474. The van der Waals surface area contributed by atoms with Gasteiger partial charge in [-0.3, -0.25) is 9.19 Å².